The van der Waals surface area contributed by atoms with Gasteiger partial charge in [-0.1, -0.05) is 36.4 Å². The van der Waals surface area contributed by atoms with Crippen LogP contribution in [0.4, 0.5) is 0 Å². The van der Waals surface area contributed by atoms with Gasteiger partial charge in [0.2, 0.25) is 0 Å². The molecule has 0 radical (unpaired) electrons. The molecule has 11 rings (SSSR count). The van der Waals surface area contributed by atoms with Crippen molar-refractivity contribution in [3.63, 3.8) is 0 Å². The molecular weight excluding hydrogens is 655 g/mol. The van der Waals surface area contributed by atoms with Crippen LogP contribution in [0.1, 0.15) is 78.9 Å². The first-order valence-electron chi connectivity index (χ1n) is 19.8. The Morgan fingerprint density at radius 1 is 0.574 bits per heavy atom. The van der Waals surface area contributed by atoms with E-state index in [1.54, 1.807) is 0 Å². The Kier molecular flexibility index (Phi) is 6.73. The van der Waals surface area contributed by atoms with E-state index < -0.39 is 0 Å². The Morgan fingerprint density at radius 2 is 1.24 bits per heavy atom. The van der Waals surface area contributed by atoms with Crippen LogP contribution in [0.3, 0.4) is 0 Å². The topological polar surface area (TPSA) is 33.6 Å². The fraction of sp³-hybridized carbons (Fsp3) is 0.235. The molecule has 0 saturated carbocycles. The second-order valence-electron chi connectivity index (χ2n) is 16.5. The van der Waals surface area contributed by atoms with Crippen molar-refractivity contribution < 1.29 is 0 Å². The van der Waals surface area contributed by atoms with Gasteiger partial charge >= 0.3 is 0 Å². The van der Waals surface area contributed by atoms with E-state index >= 15 is 0 Å². The third kappa shape index (κ3) is 4.45. The largest absolute Gasteiger partial charge is 0.358 e. The second kappa shape index (κ2) is 11.4. The van der Waals surface area contributed by atoms with Crippen LogP contribution in [0.15, 0.2) is 79.0 Å². The molecule has 8 aromatic rings. The molecule has 264 valence electrons. The molecule has 0 fully saturated rings. The Bertz CT molecular complexity index is 2940. The van der Waals surface area contributed by atoms with E-state index in [-0.39, 0.29) is 0 Å². The maximum Gasteiger partial charge on any atom is 0.137 e. The number of aromatic nitrogens is 3. The fourth-order valence-corrected chi connectivity index (χ4v) is 10.3. The van der Waals surface area contributed by atoms with Gasteiger partial charge in [0.1, 0.15) is 5.82 Å². The number of rotatable bonds is 3. The number of pyridine rings is 1. The summed E-state index contributed by atoms with van der Waals surface area (Å²) in [7, 11) is 0. The number of hydrogen-bond donors (Lipinski definition) is 1. The maximum atomic E-state index is 4.95. The summed E-state index contributed by atoms with van der Waals surface area (Å²) in [6.07, 6.45) is 10.8. The van der Waals surface area contributed by atoms with Gasteiger partial charge in [-0.15, -0.1) is 0 Å². The van der Waals surface area contributed by atoms with Crippen LogP contribution in [0, 0.1) is 41.5 Å². The minimum Gasteiger partial charge on any atom is -0.358 e. The Labute approximate surface area is 317 Å². The molecule has 0 aliphatic heterocycles. The molecule has 0 unspecified atom stereocenters. The average molecular weight is 700 g/mol. The van der Waals surface area contributed by atoms with E-state index in [9.17, 15) is 0 Å². The predicted octanol–water partition coefficient (Wildman–Crippen LogP) is 12.5. The van der Waals surface area contributed by atoms with Crippen LogP contribution >= 0.6 is 0 Å². The average Bonchev–Trinajstić information content (AvgIpc) is 3.72. The summed E-state index contributed by atoms with van der Waals surface area (Å²) < 4.78 is 2.46. The molecule has 0 atom stereocenters. The number of nitrogens with one attached hydrogen (secondary N) is 1. The third-order valence-corrected chi connectivity index (χ3v) is 13.6. The van der Waals surface area contributed by atoms with Crippen LogP contribution in [0.25, 0.3) is 72.4 Å². The second-order valence-corrected chi connectivity index (χ2v) is 16.5. The summed E-state index contributed by atoms with van der Waals surface area (Å²) in [6.45, 7) is 13.4. The lowest BCUT2D eigenvalue weighted by Crippen LogP contribution is -2.16. The van der Waals surface area contributed by atoms with Gasteiger partial charge in [-0.3, -0.25) is 4.57 Å². The number of H-pyrrole nitrogens is 1. The Balaban J connectivity index is 1.13. The molecular formula is C51H45N3. The van der Waals surface area contributed by atoms with E-state index in [0.717, 1.165) is 44.3 Å². The normalized spacial score (nSPS) is 14.5. The monoisotopic (exact) mass is 699 g/mol. The van der Waals surface area contributed by atoms with Gasteiger partial charge in [0, 0.05) is 33.6 Å². The molecule has 0 bridgehead atoms. The Hall–Kier alpha value is -5.67. The van der Waals surface area contributed by atoms with Crippen molar-refractivity contribution in [1.82, 2.24) is 14.5 Å². The first-order valence-corrected chi connectivity index (χ1v) is 19.8. The minimum atomic E-state index is 0.986. The first-order chi connectivity index (χ1) is 26.2. The number of aromatic amines is 1. The summed E-state index contributed by atoms with van der Waals surface area (Å²) in [4.78, 5) is 8.97. The summed E-state index contributed by atoms with van der Waals surface area (Å²) in [6, 6.07) is 28.0. The van der Waals surface area contributed by atoms with E-state index in [1.807, 2.05) is 12.3 Å². The van der Waals surface area contributed by atoms with Crippen LogP contribution in [-0.4, -0.2) is 14.5 Å². The smallest absolute Gasteiger partial charge is 0.137 e. The number of hydrogen-bond acceptors (Lipinski definition) is 1. The maximum absolute atomic E-state index is 4.95. The quantitative estimate of drug-likeness (QED) is 0.196. The van der Waals surface area contributed by atoms with Crippen molar-refractivity contribution >= 4 is 44.4 Å². The number of fused-ring (bicyclic) bond motifs is 8. The molecule has 0 saturated heterocycles. The SMILES string of the molecule is Cc1cc(C2=Cc3c([nH]c4c5c6c(cc34)CCc3cc4c7cc(-c8cc(C)c(C)c(C)c8)ccc7n(-c7ccccn7)c4c(c3-6)CC5)CC2)cc(C)c1C. The van der Waals surface area contributed by atoms with Gasteiger partial charge < -0.3 is 4.98 Å². The van der Waals surface area contributed by atoms with Crippen LogP contribution in [-0.2, 0) is 32.1 Å². The highest BCUT2D eigenvalue weighted by Gasteiger charge is 2.33. The van der Waals surface area contributed by atoms with Crippen LogP contribution in [0.2, 0.25) is 0 Å². The van der Waals surface area contributed by atoms with Gasteiger partial charge in [0.15, 0.2) is 0 Å². The fourth-order valence-electron chi connectivity index (χ4n) is 10.3. The van der Waals surface area contributed by atoms with Crippen molar-refractivity contribution in [1.29, 1.82) is 0 Å². The molecule has 1 N–H and O–H groups in total. The highest BCUT2D eigenvalue weighted by molar-refractivity contribution is 6.14. The van der Waals surface area contributed by atoms with E-state index in [4.69, 9.17) is 4.98 Å². The van der Waals surface area contributed by atoms with E-state index in [2.05, 4.69) is 124 Å². The predicted molar refractivity (Wildman–Crippen MR) is 227 cm³/mol. The molecule has 3 aliphatic carbocycles. The van der Waals surface area contributed by atoms with Crippen LogP contribution < -0.4 is 0 Å². The number of allylic oxidation sites excluding steroid dienone is 1. The highest BCUT2D eigenvalue weighted by Crippen LogP contribution is 2.51. The summed E-state index contributed by atoms with van der Waals surface area (Å²) in [5.74, 6) is 0.986. The molecule has 5 aromatic carbocycles. The molecule has 3 nitrogen and oxygen atoms in total. The lowest BCUT2D eigenvalue weighted by atomic mass is 9.73. The summed E-state index contributed by atoms with van der Waals surface area (Å²) in [5, 5.41) is 4.09. The van der Waals surface area contributed by atoms with Gasteiger partial charge in [-0.25, -0.2) is 4.98 Å². The standard InChI is InChI=1S/C51H45N3/c1-27-19-37(20-28(2)31(27)5)33-12-16-45-41(23-33)43-25-35-10-11-36-26-44-42-24-34(38-21-29(3)32(6)30(4)22-38)13-17-46(42)54(47-9-7-8-18-52-47)51(44)40-15-14-39(50(43)53-45)48(35)49(36)40/h7-9,13,17-26,53H,10-12,14-16H2,1-6H3. The van der Waals surface area contributed by atoms with E-state index in [1.165, 1.54) is 133 Å². The van der Waals surface area contributed by atoms with Crippen molar-refractivity contribution in [3.05, 3.63) is 151 Å². The minimum absolute atomic E-state index is 0.986. The zero-order chi connectivity index (χ0) is 36.6. The summed E-state index contributed by atoms with van der Waals surface area (Å²) >= 11 is 0. The number of benzene rings is 5. The van der Waals surface area contributed by atoms with Gasteiger partial charge in [0.05, 0.1) is 16.6 Å². The Morgan fingerprint density at radius 3 is 1.94 bits per heavy atom. The summed E-state index contributed by atoms with van der Waals surface area (Å²) in [5.41, 5.74) is 29.4. The first kappa shape index (κ1) is 31.8. The molecule has 3 heteroatoms. The molecule has 3 aromatic heterocycles. The lowest BCUT2D eigenvalue weighted by molar-refractivity contribution is 0.883. The third-order valence-electron chi connectivity index (χ3n) is 13.6. The molecule has 3 aliphatic rings. The molecule has 54 heavy (non-hydrogen) atoms. The van der Waals surface area contributed by atoms with Gasteiger partial charge in [-0.2, -0.15) is 0 Å². The van der Waals surface area contributed by atoms with Gasteiger partial charge in [0.25, 0.3) is 0 Å². The molecule has 3 heterocycles. The van der Waals surface area contributed by atoms with Crippen molar-refractivity contribution in [2.24, 2.45) is 0 Å². The molecule has 0 spiro atoms. The van der Waals surface area contributed by atoms with Crippen molar-refractivity contribution in [2.75, 3.05) is 0 Å². The number of aryl methyl sites for hydroxylation is 9. The van der Waals surface area contributed by atoms with Crippen molar-refractivity contribution in [3.8, 4) is 28.1 Å². The zero-order valence-corrected chi connectivity index (χ0v) is 32.2. The van der Waals surface area contributed by atoms with Gasteiger partial charge in [-0.05, 0) is 212 Å². The zero-order valence-electron chi connectivity index (χ0n) is 32.2. The molecule has 0 amide bonds. The number of nitrogens with zero attached hydrogens (tertiary/aromatic N) is 2. The van der Waals surface area contributed by atoms with Crippen LogP contribution in [0.5, 0.6) is 0 Å². The van der Waals surface area contributed by atoms with Crippen molar-refractivity contribution in [2.45, 2.75) is 80.1 Å². The van der Waals surface area contributed by atoms with E-state index in [0.29, 0.717) is 0 Å². The highest BCUT2D eigenvalue weighted by atomic mass is 15.1. The lowest BCUT2D eigenvalue weighted by Gasteiger charge is -2.31.